The first kappa shape index (κ1) is 19.8. The maximum atomic E-state index is 14.4. The van der Waals surface area contributed by atoms with Gasteiger partial charge >= 0.3 is 0 Å². The summed E-state index contributed by atoms with van der Waals surface area (Å²) in [5.41, 5.74) is 1.92. The highest BCUT2D eigenvalue weighted by Crippen LogP contribution is 2.37. The maximum absolute atomic E-state index is 14.4. The van der Waals surface area contributed by atoms with E-state index in [2.05, 4.69) is 0 Å². The minimum Gasteiger partial charge on any atom is -0.497 e. The van der Waals surface area contributed by atoms with Crippen LogP contribution in [0.25, 0.3) is 16.5 Å². The second-order valence-electron chi connectivity index (χ2n) is 7.12. The summed E-state index contributed by atoms with van der Waals surface area (Å²) in [4.78, 5) is 25.4. The van der Waals surface area contributed by atoms with Crippen molar-refractivity contribution in [3.8, 4) is 5.75 Å². The van der Waals surface area contributed by atoms with Crippen LogP contribution in [0, 0.1) is 11.6 Å². The standard InChI is InChI=1S/C24H19F2NO3/c1-14(28)24-23(18-5-3-4-6-22(18)29)19-12-17(30-2)8-10-21(19)27(24)13-15-11-16(25)7-9-20(15)26/h3-5,7-12H,6,13H2,1-2H3. The Kier molecular flexibility index (Phi) is 5.08. The minimum atomic E-state index is -0.571. The van der Waals surface area contributed by atoms with Crippen molar-refractivity contribution in [1.29, 1.82) is 0 Å². The van der Waals surface area contributed by atoms with Crippen molar-refractivity contribution in [2.45, 2.75) is 19.9 Å². The fourth-order valence-electron chi connectivity index (χ4n) is 3.86. The third-order valence-corrected chi connectivity index (χ3v) is 5.21. The predicted molar refractivity (Wildman–Crippen MR) is 111 cm³/mol. The second kappa shape index (κ2) is 7.71. The molecule has 4 nitrogen and oxygen atoms in total. The Labute approximate surface area is 172 Å². The first-order chi connectivity index (χ1) is 14.4. The number of Topliss-reactive ketones (excluding diaryl/α,β-unsaturated/α-hetero) is 2. The molecule has 1 aromatic heterocycles. The highest BCUT2D eigenvalue weighted by Gasteiger charge is 2.27. The van der Waals surface area contributed by atoms with Crippen LogP contribution in [0.1, 0.15) is 35.0 Å². The number of fused-ring (bicyclic) bond motifs is 1. The molecule has 0 bridgehead atoms. The molecule has 4 rings (SSSR count). The van der Waals surface area contributed by atoms with Crippen LogP contribution in [0.4, 0.5) is 8.78 Å². The van der Waals surface area contributed by atoms with Crippen molar-refractivity contribution >= 4 is 28.0 Å². The van der Waals surface area contributed by atoms with E-state index in [1.807, 2.05) is 0 Å². The van der Waals surface area contributed by atoms with E-state index < -0.39 is 11.6 Å². The van der Waals surface area contributed by atoms with Crippen LogP contribution in [-0.4, -0.2) is 23.2 Å². The van der Waals surface area contributed by atoms with Gasteiger partial charge in [-0.15, -0.1) is 0 Å². The first-order valence-corrected chi connectivity index (χ1v) is 9.46. The summed E-state index contributed by atoms with van der Waals surface area (Å²) in [7, 11) is 1.53. The van der Waals surface area contributed by atoms with Crippen molar-refractivity contribution in [2.75, 3.05) is 7.11 Å². The number of halogens is 2. The number of carbonyl (C=O) groups is 2. The van der Waals surface area contributed by atoms with Gasteiger partial charge in [-0.1, -0.05) is 18.2 Å². The molecule has 0 atom stereocenters. The molecule has 0 fully saturated rings. The SMILES string of the molecule is COc1ccc2c(c1)c(C1=CC=CCC1=O)c(C(C)=O)n2Cc1cc(F)ccc1F. The molecule has 0 amide bonds. The third kappa shape index (κ3) is 3.34. The molecular formula is C24H19F2NO3. The number of rotatable bonds is 5. The number of ketones is 2. The molecule has 0 unspecified atom stereocenters. The normalized spacial score (nSPS) is 13.6. The van der Waals surface area contributed by atoms with E-state index in [0.717, 1.165) is 18.2 Å². The van der Waals surface area contributed by atoms with Crippen LogP contribution in [0.2, 0.25) is 0 Å². The van der Waals surface area contributed by atoms with Gasteiger partial charge in [-0.25, -0.2) is 8.78 Å². The molecule has 3 aromatic rings. The lowest BCUT2D eigenvalue weighted by atomic mass is 9.93. The Hall–Kier alpha value is -3.54. The number of carbonyl (C=O) groups excluding carboxylic acids is 2. The monoisotopic (exact) mass is 407 g/mol. The highest BCUT2D eigenvalue weighted by atomic mass is 19.1. The lowest BCUT2D eigenvalue weighted by Gasteiger charge is -2.13. The highest BCUT2D eigenvalue weighted by molar-refractivity contribution is 6.27. The summed E-state index contributed by atoms with van der Waals surface area (Å²) in [6.07, 6.45) is 5.44. The Morgan fingerprint density at radius 3 is 2.67 bits per heavy atom. The molecule has 30 heavy (non-hydrogen) atoms. The van der Waals surface area contributed by atoms with E-state index in [1.165, 1.54) is 14.0 Å². The zero-order valence-electron chi connectivity index (χ0n) is 16.5. The number of ether oxygens (including phenoxy) is 1. The number of aromatic nitrogens is 1. The molecule has 1 heterocycles. The van der Waals surface area contributed by atoms with E-state index >= 15 is 0 Å². The zero-order chi connectivity index (χ0) is 21.4. The van der Waals surface area contributed by atoms with Gasteiger partial charge in [-0.05, 0) is 36.4 Å². The van der Waals surface area contributed by atoms with Gasteiger partial charge in [-0.3, -0.25) is 9.59 Å². The summed E-state index contributed by atoms with van der Waals surface area (Å²) < 4.78 is 35.1. The van der Waals surface area contributed by atoms with E-state index in [1.54, 1.807) is 41.0 Å². The zero-order valence-corrected chi connectivity index (χ0v) is 16.5. The molecule has 1 aliphatic carbocycles. The molecule has 6 heteroatoms. The quantitative estimate of drug-likeness (QED) is 0.554. The molecule has 0 aliphatic heterocycles. The van der Waals surface area contributed by atoms with E-state index in [0.29, 0.717) is 27.8 Å². The molecule has 0 saturated heterocycles. The van der Waals surface area contributed by atoms with Crippen LogP contribution >= 0.6 is 0 Å². The van der Waals surface area contributed by atoms with Crippen molar-refractivity contribution in [3.05, 3.63) is 83.1 Å². The molecule has 1 aliphatic rings. The van der Waals surface area contributed by atoms with Gasteiger partial charge in [-0.2, -0.15) is 0 Å². The lowest BCUT2D eigenvalue weighted by molar-refractivity contribution is -0.113. The number of hydrogen-bond donors (Lipinski definition) is 0. The fraction of sp³-hybridized carbons (Fsp3) is 0.167. The van der Waals surface area contributed by atoms with Gasteiger partial charge in [0.15, 0.2) is 11.6 Å². The Morgan fingerprint density at radius 2 is 1.97 bits per heavy atom. The van der Waals surface area contributed by atoms with E-state index in [-0.39, 0.29) is 35.8 Å². The molecule has 0 N–H and O–H groups in total. The van der Waals surface area contributed by atoms with Gasteiger partial charge in [0.2, 0.25) is 0 Å². The molecule has 0 radical (unpaired) electrons. The number of allylic oxidation sites excluding steroid dienone is 4. The number of hydrogen-bond acceptors (Lipinski definition) is 3. The average Bonchev–Trinajstić information content (AvgIpc) is 3.04. The summed E-state index contributed by atoms with van der Waals surface area (Å²) in [5.74, 6) is -0.963. The van der Waals surface area contributed by atoms with Gasteiger partial charge in [0.1, 0.15) is 17.4 Å². The van der Waals surface area contributed by atoms with Gasteiger partial charge < -0.3 is 9.30 Å². The summed E-state index contributed by atoms with van der Waals surface area (Å²) in [5, 5.41) is 0.645. The molecule has 0 spiro atoms. The summed E-state index contributed by atoms with van der Waals surface area (Å²) in [6.45, 7) is 1.34. The topological polar surface area (TPSA) is 48.3 Å². The minimum absolute atomic E-state index is 0.0569. The van der Waals surface area contributed by atoms with Crippen molar-refractivity contribution < 1.29 is 23.1 Å². The number of benzene rings is 2. The Bertz CT molecular complexity index is 1250. The smallest absolute Gasteiger partial charge is 0.176 e. The van der Waals surface area contributed by atoms with Crippen LogP contribution in [0.5, 0.6) is 5.75 Å². The Balaban J connectivity index is 2.05. The van der Waals surface area contributed by atoms with Crippen molar-refractivity contribution in [3.63, 3.8) is 0 Å². The lowest BCUT2D eigenvalue weighted by Crippen LogP contribution is -2.13. The molecule has 0 saturated carbocycles. The number of nitrogens with zero attached hydrogens (tertiary/aromatic N) is 1. The maximum Gasteiger partial charge on any atom is 0.176 e. The van der Waals surface area contributed by atoms with Crippen molar-refractivity contribution in [2.24, 2.45) is 0 Å². The summed E-state index contributed by atoms with van der Waals surface area (Å²) in [6, 6.07) is 8.46. The second-order valence-corrected chi connectivity index (χ2v) is 7.12. The van der Waals surface area contributed by atoms with E-state index in [4.69, 9.17) is 4.74 Å². The molecule has 152 valence electrons. The average molecular weight is 407 g/mol. The fourth-order valence-corrected chi connectivity index (χ4v) is 3.86. The van der Waals surface area contributed by atoms with Crippen LogP contribution in [-0.2, 0) is 11.3 Å². The van der Waals surface area contributed by atoms with Crippen LogP contribution < -0.4 is 4.74 Å². The van der Waals surface area contributed by atoms with Gasteiger partial charge in [0.05, 0.1) is 19.3 Å². The van der Waals surface area contributed by atoms with Crippen molar-refractivity contribution in [1.82, 2.24) is 4.57 Å². The Morgan fingerprint density at radius 1 is 1.17 bits per heavy atom. The molecule has 2 aromatic carbocycles. The van der Waals surface area contributed by atoms with Crippen LogP contribution in [0.3, 0.4) is 0 Å². The van der Waals surface area contributed by atoms with Crippen LogP contribution in [0.15, 0.2) is 54.6 Å². The van der Waals surface area contributed by atoms with Gasteiger partial charge in [0, 0.05) is 40.9 Å². The van der Waals surface area contributed by atoms with Gasteiger partial charge in [0.25, 0.3) is 0 Å². The first-order valence-electron chi connectivity index (χ1n) is 9.46. The largest absolute Gasteiger partial charge is 0.497 e. The summed E-state index contributed by atoms with van der Waals surface area (Å²) >= 11 is 0. The van der Waals surface area contributed by atoms with E-state index in [9.17, 15) is 18.4 Å². The molecular weight excluding hydrogens is 388 g/mol. The third-order valence-electron chi connectivity index (χ3n) is 5.21. The number of methoxy groups -OCH3 is 1. The predicted octanol–water partition coefficient (Wildman–Crippen LogP) is 5.09.